The molecule has 5 rings (SSSR count). The minimum Gasteiger partial charge on any atom is -0.353 e. The molecule has 1 amide bonds. The number of hydrogen-bond donors (Lipinski definition) is 0. The van der Waals surface area contributed by atoms with E-state index < -0.39 is 0 Å². The number of benzene rings is 1. The number of carbonyl (C=O) groups excluding carboxylic acids is 1. The molecule has 0 aliphatic carbocycles. The van der Waals surface area contributed by atoms with Gasteiger partial charge >= 0.3 is 0 Å². The van der Waals surface area contributed by atoms with Crippen LogP contribution in [0.3, 0.4) is 0 Å². The number of carbonyl (C=O) groups is 1. The van der Waals surface area contributed by atoms with Crippen LogP contribution in [0.2, 0.25) is 0 Å². The Balaban J connectivity index is 1.21. The lowest BCUT2D eigenvalue weighted by molar-refractivity contribution is -0.119. The molecular weight excluding hydrogens is 390 g/mol. The molecule has 2 aromatic heterocycles. The van der Waals surface area contributed by atoms with E-state index in [4.69, 9.17) is 4.98 Å². The summed E-state index contributed by atoms with van der Waals surface area (Å²) in [6, 6.07) is 10.2. The standard InChI is InChI=1S/C23H27N7O/c1-17-13-18(2)30(26-17)22-15-24-14-21(25-22)28-11-9-27(10-12-28)16-23(31)29-8-7-19-5-3-4-6-20(19)29/h3-6,13-15H,7-12,16H2,1-2H3. The second-order valence-corrected chi connectivity index (χ2v) is 8.26. The average molecular weight is 418 g/mol. The maximum atomic E-state index is 12.9. The molecule has 160 valence electrons. The molecule has 2 aliphatic heterocycles. The van der Waals surface area contributed by atoms with E-state index >= 15 is 0 Å². The molecule has 31 heavy (non-hydrogen) atoms. The topological polar surface area (TPSA) is 70.4 Å². The van der Waals surface area contributed by atoms with Crippen LogP contribution >= 0.6 is 0 Å². The Kier molecular flexibility index (Phi) is 5.15. The van der Waals surface area contributed by atoms with Gasteiger partial charge in [0.15, 0.2) is 5.82 Å². The third-order valence-corrected chi connectivity index (χ3v) is 6.08. The molecule has 8 nitrogen and oxygen atoms in total. The molecule has 0 radical (unpaired) electrons. The van der Waals surface area contributed by atoms with Crippen LogP contribution in [0.5, 0.6) is 0 Å². The predicted molar refractivity (Wildman–Crippen MR) is 120 cm³/mol. The average Bonchev–Trinajstić information content (AvgIpc) is 3.37. The zero-order chi connectivity index (χ0) is 21.4. The summed E-state index contributed by atoms with van der Waals surface area (Å²) in [5.74, 6) is 1.77. The van der Waals surface area contributed by atoms with Gasteiger partial charge in [-0.05, 0) is 38.0 Å². The summed E-state index contributed by atoms with van der Waals surface area (Å²) in [6.45, 7) is 8.52. The molecule has 1 saturated heterocycles. The third-order valence-electron chi connectivity index (χ3n) is 6.08. The molecule has 0 spiro atoms. The number of amides is 1. The van der Waals surface area contributed by atoms with Crippen LogP contribution in [-0.4, -0.2) is 69.8 Å². The van der Waals surface area contributed by atoms with Crippen LogP contribution in [0.1, 0.15) is 17.0 Å². The fourth-order valence-corrected chi connectivity index (χ4v) is 4.47. The van der Waals surface area contributed by atoms with Gasteiger partial charge in [0.25, 0.3) is 0 Å². The van der Waals surface area contributed by atoms with Crippen LogP contribution in [0.15, 0.2) is 42.7 Å². The monoisotopic (exact) mass is 417 g/mol. The maximum Gasteiger partial charge on any atom is 0.241 e. The second-order valence-electron chi connectivity index (χ2n) is 8.26. The molecular formula is C23H27N7O. The number of anilines is 2. The first-order valence-electron chi connectivity index (χ1n) is 10.8. The molecule has 1 fully saturated rings. The zero-order valence-electron chi connectivity index (χ0n) is 18.0. The summed E-state index contributed by atoms with van der Waals surface area (Å²) < 4.78 is 1.83. The van der Waals surface area contributed by atoms with Crippen LogP contribution in [0.4, 0.5) is 11.5 Å². The number of fused-ring (bicyclic) bond motifs is 1. The Morgan fingerprint density at radius 1 is 1.00 bits per heavy atom. The maximum absolute atomic E-state index is 12.9. The number of hydrogen-bond acceptors (Lipinski definition) is 6. The van der Waals surface area contributed by atoms with Gasteiger partial charge in [0.05, 0.1) is 24.6 Å². The van der Waals surface area contributed by atoms with E-state index in [1.165, 1.54) is 5.56 Å². The second kappa shape index (κ2) is 8.11. The minimum absolute atomic E-state index is 0.185. The van der Waals surface area contributed by atoms with Crippen LogP contribution < -0.4 is 9.80 Å². The smallest absolute Gasteiger partial charge is 0.241 e. The van der Waals surface area contributed by atoms with Crippen LogP contribution in [0, 0.1) is 13.8 Å². The molecule has 8 heteroatoms. The van der Waals surface area contributed by atoms with E-state index in [0.717, 1.165) is 67.9 Å². The first-order valence-corrected chi connectivity index (χ1v) is 10.8. The van der Waals surface area contributed by atoms with Gasteiger partial charge in [-0.25, -0.2) is 9.67 Å². The highest BCUT2D eigenvalue weighted by Gasteiger charge is 2.27. The fraction of sp³-hybridized carbons (Fsp3) is 0.391. The fourth-order valence-electron chi connectivity index (χ4n) is 4.47. The van der Waals surface area contributed by atoms with Crippen molar-refractivity contribution in [2.24, 2.45) is 0 Å². The van der Waals surface area contributed by atoms with Crippen molar-refractivity contribution in [2.45, 2.75) is 20.3 Å². The first kappa shape index (κ1) is 19.7. The van der Waals surface area contributed by atoms with Crippen molar-refractivity contribution in [1.29, 1.82) is 0 Å². The highest BCUT2D eigenvalue weighted by Crippen LogP contribution is 2.27. The van der Waals surface area contributed by atoms with Gasteiger partial charge in [0.2, 0.25) is 5.91 Å². The lowest BCUT2D eigenvalue weighted by Crippen LogP contribution is -2.50. The van der Waals surface area contributed by atoms with Gasteiger partial charge in [-0.2, -0.15) is 5.10 Å². The third kappa shape index (κ3) is 3.90. The van der Waals surface area contributed by atoms with E-state index in [9.17, 15) is 4.79 Å². The van der Waals surface area contributed by atoms with Crippen LogP contribution in [0.25, 0.3) is 5.82 Å². The van der Waals surface area contributed by atoms with Gasteiger partial charge in [-0.3, -0.25) is 14.7 Å². The minimum atomic E-state index is 0.185. The first-order chi connectivity index (χ1) is 15.1. The van der Waals surface area contributed by atoms with Gasteiger partial charge < -0.3 is 9.80 Å². The largest absolute Gasteiger partial charge is 0.353 e. The van der Waals surface area contributed by atoms with Crippen LogP contribution in [-0.2, 0) is 11.2 Å². The molecule has 1 aromatic carbocycles. The summed E-state index contributed by atoms with van der Waals surface area (Å²) in [5, 5.41) is 4.51. The Labute approximate surface area is 182 Å². The summed E-state index contributed by atoms with van der Waals surface area (Å²) in [6.07, 6.45) is 4.49. The SMILES string of the molecule is Cc1cc(C)n(-c2cncc(N3CCN(CC(=O)N4CCc5ccccc54)CC3)n2)n1. The number of aromatic nitrogens is 4. The van der Waals surface area contributed by atoms with Gasteiger partial charge in [-0.1, -0.05) is 18.2 Å². The number of piperazine rings is 1. The Morgan fingerprint density at radius 2 is 1.77 bits per heavy atom. The molecule has 2 aliphatic rings. The number of rotatable bonds is 4. The number of para-hydroxylation sites is 1. The van der Waals surface area contributed by atoms with E-state index in [-0.39, 0.29) is 5.91 Å². The number of nitrogens with zero attached hydrogens (tertiary/aromatic N) is 7. The summed E-state index contributed by atoms with van der Waals surface area (Å²) >= 11 is 0. The van der Waals surface area contributed by atoms with E-state index in [0.29, 0.717) is 6.54 Å². The predicted octanol–water partition coefficient (Wildman–Crippen LogP) is 1.99. The normalized spacial score (nSPS) is 16.6. The highest BCUT2D eigenvalue weighted by molar-refractivity contribution is 5.96. The zero-order valence-corrected chi connectivity index (χ0v) is 18.0. The van der Waals surface area contributed by atoms with Crippen molar-refractivity contribution in [2.75, 3.05) is 49.1 Å². The van der Waals surface area contributed by atoms with Crippen molar-refractivity contribution in [3.05, 3.63) is 59.7 Å². The van der Waals surface area contributed by atoms with E-state index in [2.05, 4.69) is 25.9 Å². The lowest BCUT2D eigenvalue weighted by atomic mass is 10.2. The van der Waals surface area contributed by atoms with Crippen molar-refractivity contribution in [3.8, 4) is 5.82 Å². The van der Waals surface area contributed by atoms with E-state index in [1.54, 1.807) is 12.4 Å². The molecule has 0 unspecified atom stereocenters. The summed E-state index contributed by atoms with van der Waals surface area (Å²) in [7, 11) is 0. The van der Waals surface area contributed by atoms with Gasteiger partial charge in [-0.15, -0.1) is 0 Å². The highest BCUT2D eigenvalue weighted by atomic mass is 16.2. The van der Waals surface area contributed by atoms with Crippen molar-refractivity contribution in [1.82, 2.24) is 24.6 Å². The Morgan fingerprint density at radius 3 is 2.55 bits per heavy atom. The van der Waals surface area contributed by atoms with Crippen molar-refractivity contribution in [3.63, 3.8) is 0 Å². The summed E-state index contributed by atoms with van der Waals surface area (Å²) in [5.41, 5.74) is 4.34. The van der Waals surface area contributed by atoms with E-state index in [1.807, 2.05) is 47.7 Å². The Bertz CT molecular complexity index is 1100. The van der Waals surface area contributed by atoms with Gasteiger partial charge in [0.1, 0.15) is 5.82 Å². The molecule has 3 aromatic rings. The lowest BCUT2D eigenvalue weighted by Gasteiger charge is -2.35. The molecule has 0 bridgehead atoms. The van der Waals surface area contributed by atoms with Crippen molar-refractivity contribution < 1.29 is 4.79 Å². The molecule has 0 saturated carbocycles. The molecule has 0 N–H and O–H groups in total. The summed E-state index contributed by atoms with van der Waals surface area (Å²) in [4.78, 5) is 28.5. The molecule has 0 atom stereocenters. The number of aryl methyl sites for hydroxylation is 2. The quantitative estimate of drug-likeness (QED) is 0.647. The van der Waals surface area contributed by atoms with Crippen molar-refractivity contribution >= 4 is 17.4 Å². The van der Waals surface area contributed by atoms with Gasteiger partial charge in [0, 0.05) is 44.1 Å². The Hall–Kier alpha value is -3.26. The molecule has 4 heterocycles.